The van der Waals surface area contributed by atoms with Crippen LogP contribution in [0.15, 0.2) is 0 Å². The molecule has 1 unspecified atom stereocenters. The second-order valence-electron chi connectivity index (χ2n) is 2.71. The van der Waals surface area contributed by atoms with Crippen molar-refractivity contribution >= 4 is 0 Å². The summed E-state index contributed by atoms with van der Waals surface area (Å²) in [5.41, 5.74) is 0. The third-order valence-corrected chi connectivity index (χ3v) is 1.36. The van der Waals surface area contributed by atoms with Gasteiger partial charge in [0.25, 0.3) is 0 Å². The molecule has 12 heavy (non-hydrogen) atoms. The van der Waals surface area contributed by atoms with Crippen LogP contribution in [0.5, 0.6) is 0 Å². The molecule has 2 nitrogen and oxygen atoms in total. The van der Waals surface area contributed by atoms with E-state index in [9.17, 15) is 0 Å². The highest BCUT2D eigenvalue weighted by Gasteiger charge is 1.99. The zero-order chi connectivity index (χ0) is 9.23. The first-order valence-electron chi connectivity index (χ1n) is 4.46. The van der Waals surface area contributed by atoms with Gasteiger partial charge in [-0.3, -0.25) is 0 Å². The molecule has 0 heterocycles. The minimum atomic E-state index is 0.0781. The zero-order valence-electron chi connectivity index (χ0n) is 8.22. The summed E-state index contributed by atoms with van der Waals surface area (Å²) in [6.45, 7) is 7.31. The van der Waals surface area contributed by atoms with Crippen molar-refractivity contribution in [2.24, 2.45) is 0 Å². The van der Waals surface area contributed by atoms with E-state index in [-0.39, 0.29) is 6.10 Å². The Morgan fingerprint density at radius 2 is 2.17 bits per heavy atom. The van der Waals surface area contributed by atoms with E-state index in [1.54, 1.807) is 6.92 Å². The lowest BCUT2D eigenvalue weighted by atomic mass is 10.3. The molecular formula is C10H18O2. The van der Waals surface area contributed by atoms with Crippen LogP contribution in [0, 0.1) is 12.0 Å². The summed E-state index contributed by atoms with van der Waals surface area (Å²) in [5, 5.41) is 0. The lowest BCUT2D eigenvalue weighted by molar-refractivity contribution is 0.0439. The van der Waals surface area contributed by atoms with Crippen molar-refractivity contribution in [3.8, 4) is 12.0 Å². The molecule has 0 bridgehead atoms. The maximum atomic E-state index is 5.34. The van der Waals surface area contributed by atoms with Crippen molar-refractivity contribution < 1.29 is 9.47 Å². The lowest BCUT2D eigenvalue weighted by Crippen LogP contribution is -2.13. The molecule has 0 radical (unpaired) electrons. The van der Waals surface area contributed by atoms with Crippen LogP contribution in [0.1, 0.15) is 33.6 Å². The molecule has 0 aromatic rings. The summed E-state index contributed by atoms with van der Waals surface area (Å²) < 4.78 is 10.4. The molecule has 0 amide bonds. The first kappa shape index (κ1) is 11.3. The number of hydrogen-bond acceptors (Lipinski definition) is 2. The standard InChI is InChI=1S/C10H18O2/c1-4-6-8-11-9-10(3)12-7-5-2/h10H,4,6,8-9H2,1-3H3. The van der Waals surface area contributed by atoms with Crippen LogP contribution in [0.3, 0.4) is 0 Å². The van der Waals surface area contributed by atoms with Crippen LogP contribution in [-0.4, -0.2) is 19.3 Å². The smallest absolute Gasteiger partial charge is 0.131 e. The maximum Gasteiger partial charge on any atom is 0.131 e. The third kappa shape index (κ3) is 7.43. The van der Waals surface area contributed by atoms with Gasteiger partial charge in [0.1, 0.15) is 12.2 Å². The average molecular weight is 170 g/mol. The van der Waals surface area contributed by atoms with Crippen LogP contribution >= 0.6 is 0 Å². The predicted octanol–water partition coefficient (Wildman–Crippen LogP) is 2.19. The average Bonchev–Trinajstić information content (AvgIpc) is 2.09. The summed E-state index contributed by atoms with van der Waals surface area (Å²) >= 11 is 0. The van der Waals surface area contributed by atoms with Crippen molar-refractivity contribution in [2.45, 2.75) is 39.7 Å². The number of unbranched alkanes of at least 4 members (excludes halogenated alkanes) is 1. The molecule has 0 fully saturated rings. The minimum Gasteiger partial charge on any atom is -0.441 e. The minimum absolute atomic E-state index is 0.0781. The molecule has 0 aliphatic heterocycles. The van der Waals surface area contributed by atoms with E-state index in [1.165, 1.54) is 6.42 Å². The van der Waals surface area contributed by atoms with Gasteiger partial charge in [-0.2, -0.15) is 0 Å². The van der Waals surface area contributed by atoms with E-state index >= 15 is 0 Å². The van der Waals surface area contributed by atoms with E-state index in [2.05, 4.69) is 19.0 Å². The van der Waals surface area contributed by atoms with Crippen LogP contribution < -0.4 is 0 Å². The molecule has 0 saturated heterocycles. The Balaban J connectivity index is 3.17. The number of ether oxygens (including phenoxy) is 2. The van der Waals surface area contributed by atoms with Gasteiger partial charge in [-0.15, -0.1) is 0 Å². The fraction of sp³-hybridized carbons (Fsp3) is 0.800. The van der Waals surface area contributed by atoms with Gasteiger partial charge in [0.05, 0.1) is 6.61 Å². The molecule has 0 rings (SSSR count). The molecule has 0 saturated carbocycles. The largest absolute Gasteiger partial charge is 0.441 e. The highest BCUT2D eigenvalue weighted by molar-refractivity contribution is 4.86. The van der Waals surface area contributed by atoms with Gasteiger partial charge in [-0.1, -0.05) is 19.3 Å². The van der Waals surface area contributed by atoms with E-state index in [0.717, 1.165) is 13.0 Å². The molecule has 1 atom stereocenters. The van der Waals surface area contributed by atoms with Gasteiger partial charge in [0.15, 0.2) is 0 Å². The Morgan fingerprint density at radius 3 is 2.75 bits per heavy atom. The Morgan fingerprint density at radius 1 is 1.42 bits per heavy atom. The molecule has 0 aromatic carbocycles. The topological polar surface area (TPSA) is 18.5 Å². The Labute approximate surface area is 75.3 Å². The lowest BCUT2D eigenvalue weighted by Gasteiger charge is -2.08. The molecule has 0 N–H and O–H groups in total. The number of hydrogen-bond donors (Lipinski definition) is 0. The summed E-state index contributed by atoms with van der Waals surface area (Å²) in [6.07, 6.45) is 4.92. The van der Waals surface area contributed by atoms with Gasteiger partial charge in [0.2, 0.25) is 0 Å². The van der Waals surface area contributed by atoms with Gasteiger partial charge in [0, 0.05) is 13.5 Å². The normalized spacial score (nSPS) is 11.6. The van der Waals surface area contributed by atoms with Crippen molar-refractivity contribution in [3.63, 3.8) is 0 Å². The predicted molar refractivity (Wildman–Crippen MR) is 49.7 cm³/mol. The maximum absolute atomic E-state index is 5.34. The summed E-state index contributed by atoms with van der Waals surface area (Å²) in [5.74, 6) is 2.67. The summed E-state index contributed by atoms with van der Waals surface area (Å²) in [4.78, 5) is 0. The summed E-state index contributed by atoms with van der Waals surface area (Å²) in [6, 6.07) is 0. The zero-order valence-corrected chi connectivity index (χ0v) is 8.22. The van der Waals surface area contributed by atoms with Gasteiger partial charge < -0.3 is 9.47 Å². The highest BCUT2D eigenvalue weighted by Crippen LogP contribution is 1.93. The molecule has 0 aliphatic carbocycles. The molecule has 0 aromatic heterocycles. The van der Waals surface area contributed by atoms with E-state index in [0.29, 0.717) is 6.61 Å². The summed E-state index contributed by atoms with van der Waals surface area (Å²) in [7, 11) is 0. The van der Waals surface area contributed by atoms with Gasteiger partial charge in [-0.25, -0.2) is 0 Å². The molecule has 2 heteroatoms. The second kappa shape index (κ2) is 8.42. The van der Waals surface area contributed by atoms with E-state index in [4.69, 9.17) is 9.47 Å². The fourth-order valence-electron chi connectivity index (χ4n) is 0.689. The highest BCUT2D eigenvalue weighted by atomic mass is 16.5. The monoisotopic (exact) mass is 170 g/mol. The van der Waals surface area contributed by atoms with Crippen LogP contribution in [0.25, 0.3) is 0 Å². The van der Waals surface area contributed by atoms with Crippen molar-refractivity contribution in [1.29, 1.82) is 0 Å². The second-order valence-corrected chi connectivity index (χ2v) is 2.71. The van der Waals surface area contributed by atoms with Gasteiger partial charge in [-0.05, 0) is 13.3 Å². The van der Waals surface area contributed by atoms with Gasteiger partial charge >= 0.3 is 0 Å². The van der Waals surface area contributed by atoms with Crippen molar-refractivity contribution in [2.75, 3.05) is 13.2 Å². The molecule has 0 spiro atoms. The first-order chi connectivity index (χ1) is 5.81. The van der Waals surface area contributed by atoms with E-state index < -0.39 is 0 Å². The first-order valence-corrected chi connectivity index (χ1v) is 4.46. The molecule has 70 valence electrons. The van der Waals surface area contributed by atoms with Crippen LogP contribution in [0.4, 0.5) is 0 Å². The fourth-order valence-corrected chi connectivity index (χ4v) is 0.689. The molecular weight excluding hydrogens is 152 g/mol. The Hall–Kier alpha value is -0.680. The van der Waals surface area contributed by atoms with Crippen LogP contribution in [0.2, 0.25) is 0 Å². The van der Waals surface area contributed by atoms with E-state index in [1.807, 2.05) is 6.92 Å². The quantitative estimate of drug-likeness (QED) is 0.449. The third-order valence-electron chi connectivity index (χ3n) is 1.36. The number of rotatable bonds is 6. The van der Waals surface area contributed by atoms with Crippen LogP contribution in [-0.2, 0) is 9.47 Å². The molecule has 0 aliphatic rings. The SMILES string of the molecule is CC#COC(C)COCCCC. The van der Waals surface area contributed by atoms with Crippen molar-refractivity contribution in [1.82, 2.24) is 0 Å². The Bertz CT molecular complexity index is 144. The van der Waals surface area contributed by atoms with Crippen molar-refractivity contribution in [3.05, 3.63) is 0 Å². The Kier molecular flexibility index (Phi) is 7.94.